The number of benzene rings is 7. The first-order chi connectivity index (χ1) is 23.8. The zero-order valence-corrected chi connectivity index (χ0v) is 25.8. The van der Waals surface area contributed by atoms with Crippen molar-refractivity contribution in [3.05, 3.63) is 169 Å². The van der Waals surface area contributed by atoms with Crippen molar-refractivity contribution in [2.24, 2.45) is 0 Å². The Balaban J connectivity index is 1.27. The maximum absolute atomic E-state index is 10.6. The van der Waals surface area contributed by atoms with Gasteiger partial charge in [-0.25, -0.2) is 0 Å². The zero-order chi connectivity index (χ0) is 32.2. The molecule has 0 aliphatic carbocycles. The molecule has 0 unspecified atom stereocenters. The fraction of sp³-hybridized carbons (Fsp3) is 0. The van der Waals surface area contributed by atoms with Crippen LogP contribution in [-0.4, -0.2) is 9.13 Å². The Labute approximate surface area is 277 Å². The third-order valence-electron chi connectivity index (χ3n) is 9.45. The van der Waals surface area contributed by atoms with Gasteiger partial charge in [-0.2, -0.15) is 10.5 Å². The molecule has 0 bridgehead atoms. The number of nitriles is 2. The average molecular weight is 611 g/mol. The summed E-state index contributed by atoms with van der Waals surface area (Å²) in [5.41, 5.74) is 10.7. The van der Waals surface area contributed by atoms with Gasteiger partial charge in [0.15, 0.2) is 0 Å². The molecule has 0 radical (unpaired) electrons. The van der Waals surface area contributed by atoms with Crippen LogP contribution in [0.5, 0.6) is 0 Å². The standard InChI is InChI=1S/C44H26N4/c45-27-30-23-26-43(48-41-19-9-5-14-35(41)36-15-6-10-20-42(36)48)44(38(30)28-46)37-16-2-1-11-32(37)29-21-24-31(25-22-29)47-39-17-7-3-12-33(39)34-13-4-8-18-40(34)47/h1-26H. The summed E-state index contributed by atoms with van der Waals surface area (Å²) in [7, 11) is 0. The van der Waals surface area contributed by atoms with E-state index < -0.39 is 0 Å². The lowest BCUT2D eigenvalue weighted by molar-refractivity contribution is 1.17. The minimum absolute atomic E-state index is 0.355. The van der Waals surface area contributed by atoms with Gasteiger partial charge in [-0.1, -0.05) is 109 Å². The fourth-order valence-corrected chi connectivity index (χ4v) is 7.39. The van der Waals surface area contributed by atoms with Crippen LogP contribution >= 0.6 is 0 Å². The Morgan fingerprint density at radius 1 is 0.396 bits per heavy atom. The molecule has 7 aromatic carbocycles. The van der Waals surface area contributed by atoms with E-state index in [1.807, 2.05) is 30.3 Å². The van der Waals surface area contributed by atoms with Crippen LogP contribution in [0.4, 0.5) is 0 Å². The summed E-state index contributed by atoms with van der Waals surface area (Å²) in [5.74, 6) is 0. The quantitative estimate of drug-likeness (QED) is 0.199. The highest BCUT2D eigenvalue weighted by atomic mass is 15.0. The maximum atomic E-state index is 10.6. The summed E-state index contributed by atoms with van der Waals surface area (Å²) in [6.45, 7) is 0. The second-order valence-corrected chi connectivity index (χ2v) is 11.9. The highest BCUT2D eigenvalue weighted by molar-refractivity contribution is 6.11. The molecule has 0 spiro atoms. The third kappa shape index (κ3) is 4.01. The van der Waals surface area contributed by atoms with Crippen molar-refractivity contribution in [2.75, 3.05) is 0 Å². The Morgan fingerprint density at radius 2 is 0.854 bits per heavy atom. The summed E-state index contributed by atoms with van der Waals surface area (Å²) in [4.78, 5) is 0. The number of hydrogen-bond donors (Lipinski definition) is 0. The first-order valence-electron chi connectivity index (χ1n) is 15.9. The highest BCUT2D eigenvalue weighted by Gasteiger charge is 2.22. The zero-order valence-electron chi connectivity index (χ0n) is 25.8. The molecule has 2 aromatic heterocycles. The van der Waals surface area contributed by atoms with E-state index in [0.717, 1.165) is 66.5 Å². The van der Waals surface area contributed by atoms with Crippen molar-refractivity contribution in [3.63, 3.8) is 0 Å². The van der Waals surface area contributed by atoms with E-state index in [2.05, 4.69) is 143 Å². The van der Waals surface area contributed by atoms with Crippen molar-refractivity contribution in [1.82, 2.24) is 9.13 Å². The second-order valence-electron chi connectivity index (χ2n) is 11.9. The fourth-order valence-electron chi connectivity index (χ4n) is 7.39. The molecule has 0 aliphatic heterocycles. The molecule has 9 aromatic rings. The lowest BCUT2D eigenvalue weighted by atomic mass is 9.89. The molecule has 48 heavy (non-hydrogen) atoms. The van der Waals surface area contributed by atoms with Gasteiger partial charge in [-0.05, 0) is 65.2 Å². The molecule has 4 nitrogen and oxygen atoms in total. The second kappa shape index (κ2) is 10.9. The predicted molar refractivity (Wildman–Crippen MR) is 195 cm³/mol. The summed E-state index contributed by atoms with van der Waals surface area (Å²) < 4.78 is 4.54. The molecule has 0 atom stereocenters. The molecule has 4 heteroatoms. The molecular weight excluding hydrogens is 585 g/mol. The number of rotatable bonds is 4. The highest BCUT2D eigenvalue weighted by Crippen LogP contribution is 2.42. The van der Waals surface area contributed by atoms with E-state index in [9.17, 15) is 10.5 Å². The van der Waals surface area contributed by atoms with E-state index in [0.29, 0.717) is 11.1 Å². The average Bonchev–Trinajstić information content (AvgIpc) is 3.67. The van der Waals surface area contributed by atoms with Gasteiger partial charge in [-0.15, -0.1) is 0 Å². The summed E-state index contributed by atoms with van der Waals surface area (Å²) in [5, 5.41) is 25.5. The summed E-state index contributed by atoms with van der Waals surface area (Å²) in [6.07, 6.45) is 0. The molecule has 0 N–H and O–H groups in total. The topological polar surface area (TPSA) is 57.4 Å². The van der Waals surface area contributed by atoms with Crippen molar-refractivity contribution < 1.29 is 0 Å². The van der Waals surface area contributed by atoms with Gasteiger partial charge in [-0.3, -0.25) is 0 Å². The minimum Gasteiger partial charge on any atom is -0.309 e. The number of para-hydroxylation sites is 4. The largest absolute Gasteiger partial charge is 0.309 e. The van der Waals surface area contributed by atoms with Crippen molar-refractivity contribution in [2.45, 2.75) is 0 Å². The molecule has 222 valence electrons. The first-order valence-corrected chi connectivity index (χ1v) is 15.9. The molecule has 0 fully saturated rings. The lowest BCUT2D eigenvalue weighted by Gasteiger charge is -2.19. The Bertz CT molecular complexity index is 2690. The molecular formula is C44H26N4. The number of hydrogen-bond acceptors (Lipinski definition) is 2. The van der Waals surface area contributed by atoms with Crippen LogP contribution < -0.4 is 0 Å². The predicted octanol–water partition coefficient (Wildman–Crippen LogP) is 11.0. The van der Waals surface area contributed by atoms with E-state index in [1.165, 1.54) is 10.8 Å². The van der Waals surface area contributed by atoms with Gasteiger partial charge in [0.2, 0.25) is 0 Å². The van der Waals surface area contributed by atoms with Crippen LogP contribution in [-0.2, 0) is 0 Å². The molecule has 0 saturated carbocycles. The Kier molecular flexibility index (Phi) is 6.22. The Morgan fingerprint density at radius 3 is 1.35 bits per heavy atom. The van der Waals surface area contributed by atoms with Crippen LogP contribution in [0.1, 0.15) is 11.1 Å². The minimum atomic E-state index is 0.355. The van der Waals surface area contributed by atoms with Gasteiger partial charge in [0.05, 0.1) is 38.9 Å². The molecule has 0 saturated heterocycles. The van der Waals surface area contributed by atoms with Crippen molar-refractivity contribution >= 4 is 43.6 Å². The summed E-state index contributed by atoms with van der Waals surface area (Å²) >= 11 is 0. The maximum Gasteiger partial charge on any atom is 0.101 e. The van der Waals surface area contributed by atoms with E-state index in [4.69, 9.17) is 0 Å². The molecule has 2 heterocycles. The van der Waals surface area contributed by atoms with E-state index in [1.54, 1.807) is 6.07 Å². The molecule has 0 aliphatic rings. The van der Waals surface area contributed by atoms with Gasteiger partial charge in [0.1, 0.15) is 12.1 Å². The van der Waals surface area contributed by atoms with Crippen LogP contribution in [0, 0.1) is 22.7 Å². The normalized spacial score (nSPS) is 11.3. The number of aromatic nitrogens is 2. The van der Waals surface area contributed by atoms with Gasteiger partial charge in [0.25, 0.3) is 0 Å². The number of fused-ring (bicyclic) bond motifs is 6. The molecule has 9 rings (SSSR count). The van der Waals surface area contributed by atoms with E-state index in [-0.39, 0.29) is 0 Å². The van der Waals surface area contributed by atoms with Gasteiger partial charge in [0, 0.05) is 32.8 Å². The summed E-state index contributed by atoms with van der Waals surface area (Å²) in [6, 6.07) is 59.0. The smallest absolute Gasteiger partial charge is 0.101 e. The van der Waals surface area contributed by atoms with Crippen molar-refractivity contribution in [1.29, 1.82) is 10.5 Å². The first kappa shape index (κ1) is 27.4. The van der Waals surface area contributed by atoms with Crippen LogP contribution in [0.15, 0.2) is 158 Å². The van der Waals surface area contributed by atoms with Crippen molar-refractivity contribution in [3.8, 4) is 45.8 Å². The SMILES string of the molecule is N#Cc1ccc(-n2c3ccccc3c3ccccc32)c(-c2ccccc2-c2ccc(-n3c4ccccc4c4ccccc43)cc2)c1C#N. The molecule has 0 amide bonds. The lowest BCUT2D eigenvalue weighted by Crippen LogP contribution is -2.02. The van der Waals surface area contributed by atoms with Gasteiger partial charge < -0.3 is 9.13 Å². The van der Waals surface area contributed by atoms with Crippen LogP contribution in [0.3, 0.4) is 0 Å². The van der Waals surface area contributed by atoms with Crippen LogP contribution in [0.25, 0.3) is 77.2 Å². The number of nitrogens with zero attached hydrogens (tertiary/aromatic N) is 4. The Hall–Kier alpha value is -6.88. The monoisotopic (exact) mass is 610 g/mol. The van der Waals surface area contributed by atoms with E-state index >= 15 is 0 Å². The van der Waals surface area contributed by atoms with Crippen LogP contribution in [0.2, 0.25) is 0 Å². The third-order valence-corrected chi connectivity index (χ3v) is 9.45. The van der Waals surface area contributed by atoms with Gasteiger partial charge >= 0.3 is 0 Å².